The van der Waals surface area contributed by atoms with E-state index in [0.717, 1.165) is 6.54 Å². The predicted molar refractivity (Wildman–Crippen MR) is 48.3 cm³/mol. The summed E-state index contributed by atoms with van der Waals surface area (Å²) in [5.74, 6) is -0.757. The van der Waals surface area contributed by atoms with Gasteiger partial charge < -0.3 is 10.4 Å². The topological polar surface area (TPSA) is 49.3 Å². The molecule has 3 nitrogen and oxygen atoms in total. The first kappa shape index (κ1) is 9.22. The summed E-state index contributed by atoms with van der Waals surface area (Å²) in [6, 6.07) is 2.03. The first-order chi connectivity index (χ1) is 5.79. The van der Waals surface area contributed by atoms with Gasteiger partial charge in [-0.2, -0.15) is 11.3 Å². The van der Waals surface area contributed by atoms with Crippen molar-refractivity contribution in [3.63, 3.8) is 0 Å². The Balaban J connectivity index is 2.07. The van der Waals surface area contributed by atoms with E-state index in [9.17, 15) is 4.79 Å². The molecule has 4 heteroatoms. The Hall–Kier alpha value is -0.870. The van der Waals surface area contributed by atoms with Gasteiger partial charge in [-0.1, -0.05) is 0 Å². The molecule has 2 N–H and O–H groups in total. The lowest BCUT2D eigenvalue weighted by atomic mass is 10.3. The molecule has 0 aliphatic heterocycles. The van der Waals surface area contributed by atoms with Gasteiger partial charge in [-0.3, -0.25) is 4.79 Å². The van der Waals surface area contributed by atoms with Crippen molar-refractivity contribution in [2.75, 3.05) is 6.54 Å². The van der Waals surface area contributed by atoms with E-state index < -0.39 is 5.97 Å². The minimum atomic E-state index is -0.757. The van der Waals surface area contributed by atoms with E-state index in [0.29, 0.717) is 6.54 Å². The number of rotatable bonds is 5. The van der Waals surface area contributed by atoms with Crippen LogP contribution in [0, 0.1) is 0 Å². The smallest absolute Gasteiger partial charge is 0.304 e. The van der Waals surface area contributed by atoms with Gasteiger partial charge in [0.25, 0.3) is 0 Å². The summed E-state index contributed by atoms with van der Waals surface area (Å²) in [6.45, 7) is 1.29. The fourth-order valence-electron chi connectivity index (χ4n) is 0.821. The second-order valence-corrected chi connectivity index (χ2v) is 3.23. The minimum absolute atomic E-state index is 0.185. The standard InChI is InChI=1S/C8H11NO2S/c10-8(11)1-3-9-5-7-2-4-12-6-7/h2,4,6,9H,1,3,5H2,(H,10,11). The zero-order valence-electron chi connectivity index (χ0n) is 6.62. The molecule has 12 heavy (non-hydrogen) atoms. The van der Waals surface area contributed by atoms with Crippen molar-refractivity contribution >= 4 is 17.3 Å². The van der Waals surface area contributed by atoms with Crippen LogP contribution in [-0.4, -0.2) is 17.6 Å². The maximum absolute atomic E-state index is 10.1. The molecule has 0 atom stereocenters. The van der Waals surface area contributed by atoms with Gasteiger partial charge in [0.1, 0.15) is 0 Å². The predicted octanol–water partition coefficient (Wildman–Crippen LogP) is 1.31. The third kappa shape index (κ3) is 3.50. The Morgan fingerprint density at radius 3 is 3.08 bits per heavy atom. The molecule has 0 aliphatic carbocycles. The van der Waals surface area contributed by atoms with Crippen molar-refractivity contribution in [3.05, 3.63) is 22.4 Å². The van der Waals surface area contributed by atoms with Crippen LogP contribution in [0.2, 0.25) is 0 Å². The lowest BCUT2D eigenvalue weighted by molar-refractivity contribution is -0.136. The summed E-state index contributed by atoms with van der Waals surface area (Å²) in [5, 5.41) is 15.4. The molecule has 0 saturated carbocycles. The van der Waals surface area contributed by atoms with Gasteiger partial charge in [0, 0.05) is 13.1 Å². The number of nitrogens with one attached hydrogen (secondary N) is 1. The number of carboxylic acids is 1. The fraction of sp³-hybridized carbons (Fsp3) is 0.375. The zero-order chi connectivity index (χ0) is 8.81. The van der Waals surface area contributed by atoms with Crippen LogP contribution in [0.3, 0.4) is 0 Å². The summed E-state index contributed by atoms with van der Waals surface area (Å²) in [4.78, 5) is 10.1. The van der Waals surface area contributed by atoms with Crippen LogP contribution in [0.4, 0.5) is 0 Å². The van der Waals surface area contributed by atoms with Crippen molar-refractivity contribution in [3.8, 4) is 0 Å². The van der Waals surface area contributed by atoms with Gasteiger partial charge in [-0.05, 0) is 22.4 Å². The van der Waals surface area contributed by atoms with Crippen LogP contribution >= 0.6 is 11.3 Å². The largest absolute Gasteiger partial charge is 0.481 e. The molecule has 1 heterocycles. The quantitative estimate of drug-likeness (QED) is 0.680. The first-order valence-corrected chi connectivity index (χ1v) is 4.67. The van der Waals surface area contributed by atoms with Crippen molar-refractivity contribution in [1.29, 1.82) is 0 Å². The molecule has 1 aromatic rings. The Morgan fingerprint density at radius 1 is 1.67 bits per heavy atom. The molecule has 66 valence electrons. The summed E-state index contributed by atoms with van der Waals surface area (Å²) in [7, 11) is 0. The summed E-state index contributed by atoms with van der Waals surface area (Å²) in [5.41, 5.74) is 1.21. The van der Waals surface area contributed by atoms with Gasteiger partial charge in [-0.15, -0.1) is 0 Å². The maximum atomic E-state index is 10.1. The molecule has 0 bridgehead atoms. The molecule has 0 unspecified atom stereocenters. The normalized spacial score (nSPS) is 10.0. The monoisotopic (exact) mass is 185 g/mol. The third-order valence-electron chi connectivity index (χ3n) is 1.42. The Labute approximate surface area is 75.0 Å². The summed E-state index contributed by atoms with van der Waals surface area (Å²) < 4.78 is 0. The average molecular weight is 185 g/mol. The molecule has 0 spiro atoms. The van der Waals surface area contributed by atoms with Gasteiger partial charge in [0.2, 0.25) is 0 Å². The van der Waals surface area contributed by atoms with Crippen LogP contribution in [0.25, 0.3) is 0 Å². The highest BCUT2D eigenvalue weighted by molar-refractivity contribution is 7.07. The molecule has 0 amide bonds. The van der Waals surface area contributed by atoms with E-state index in [1.165, 1.54) is 5.56 Å². The van der Waals surface area contributed by atoms with Crippen LogP contribution < -0.4 is 5.32 Å². The van der Waals surface area contributed by atoms with E-state index in [1.54, 1.807) is 11.3 Å². The zero-order valence-corrected chi connectivity index (χ0v) is 7.43. The van der Waals surface area contributed by atoms with Crippen molar-refractivity contribution in [2.45, 2.75) is 13.0 Å². The highest BCUT2D eigenvalue weighted by Crippen LogP contribution is 2.04. The second-order valence-electron chi connectivity index (χ2n) is 2.45. The van der Waals surface area contributed by atoms with Gasteiger partial charge in [0.15, 0.2) is 0 Å². The molecule has 1 rings (SSSR count). The lowest BCUT2D eigenvalue weighted by Gasteiger charge is -1.99. The molecule has 0 radical (unpaired) electrons. The highest BCUT2D eigenvalue weighted by atomic mass is 32.1. The fourth-order valence-corrected chi connectivity index (χ4v) is 1.49. The van der Waals surface area contributed by atoms with Crippen LogP contribution in [0.15, 0.2) is 16.8 Å². The number of carboxylic acid groups (broad SMARTS) is 1. The molecule has 0 aliphatic rings. The van der Waals surface area contributed by atoms with Crippen molar-refractivity contribution < 1.29 is 9.90 Å². The first-order valence-electron chi connectivity index (χ1n) is 3.72. The molecular weight excluding hydrogens is 174 g/mol. The van der Waals surface area contributed by atoms with Gasteiger partial charge in [0.05, 0.1) is 6.42 Å². The highest BCUT2D eigenvalue weighted by Gasteiger charge is 1.95. The van der Waals surface area contributed by atoms with Crippen LogP contribution in [0.1, 0.15) is 12.0 Å². The number of hydrogen-bond donors (Lipinski definition) is 2. The summed E-state index contributed by atoms with van der Waals surface area (Å²) >= 11 is 1.65. The van der Waals surface area contributed by atoms with Gasteiger partial charge in [-0.25, -0.2) is 0 Å². The molecular formula is C8H11NO2S. The lowest BCUT2D eigenvalue weighted by Crippen LogP contribution is -2.17. The molecule has 1 aromatic heterocycles. The molecule has 0 aromatic carbocycles. The Morgan fingerprint density at radius 2 is 2.50 bits per heavy atom. The van der Waals surface area contributed by atoms with Crippen LogP contribution in [0.5, 0.6) is 0 Å². The van der Waals surface area contributed by atoms with E-state index in [2.05, 4.69) is 5.32 Å². The number of aliphatic carboxylic acids is 1. The van der Waals surface area contributed by atoms with E-state index in [-0.39, 0.29) is 6.42 Å². The summed E-state index contributed by atoms with van der Waals surface area (Å²) in [6.07, 6.45) is 0.185. The minimum Gasteiger partial charge on any atom is -0.481 e. The van der Waals surface area contributed by atoms with E-state index in [4.69, 9.17) is 5.11 Å². The molecule has 0 fully saturated rings. The Kier molecular flexibility index (Phi) is 3.76. The number of carbonyl (C=O) groups is 1. The third-order valence-corrected chi connectivity index (χ3v) is 2.16. The number of hydrogen-bond acceptors (Lipinski definition) is 3. The number of thiophene rings is 1. The van der Waals surface area contributed by atoms with Crippen LogP contribution in [-0.2, 0) is 11.3 Å². The van der Waals surface area contributed by atoms with Crippen molar-refractivity contribution in [2.24, 2.45) is 0 Å². The second kappa shape index (κ2) is 4.90. The SMILES string of the molecule is O=C(O)CCNCc1ccsc1. The van der Waals surface area contributed by atoms with Crippen molar-refractivity contribution in [1.82, 2.24) is 5.32 Å². The Bertz CT molecular complexity index is 233. The van der Waals surface area contributed by atoms with E-state index >= 15 is 0 Å². The van der Waals surface area contributed by atoms with E-state index in [1.807, 2.05) is 16.8 Å². The molecule has 0 saturated heterocycles. The average Bonchev–Trinajstić information content (AvgIpc) is 2.49. The van der Waals surface area contributed by atoms with Gasteiger partial charge >= 0.3 is 5.97 Å². The maximum Gasteiger partial charge on any atom is 0.304 e.